The van der Waals surface area contributed by atoms with Gasteiger partial charge in [-0.1, -0.05) is 56.3 Å². The molecule has 1 aliphatic heterocycles. The molecule has 3 rings (SSSR count). The number of nitrogens with zero attached hydrogens (tertiary/aromatic N) is 2. The molecule has 1 N–H and O–H groups in total. The largest absolute Gasteiger partial charge is 0.285 e. The van der Waals surface area contributed by atoms with Gasteiger partial charge >= 0.3 is 0 Å². The Morgan fingerprint density at radius 1 is 1.13 bits per heavy atom. The number of nitro groups is 1. The zero-order chi connectivity index (χ0) is 21.5. The molecule has 0 radical (unpaired) electrons. The minimum atomic E-state index is -0.370. The second-order valence-corrected chi connectivity index (χ2v) is 8.72. The minimum Gasteiger partial charge on any atom is -0.285 e. The summed E-state index contributed by atoms with van der Waals surface area (Å²) in [6.07, 6.45) is 6.39. The molecular weight excluding hydrogens is 398 g/mol. The number of hydrogen-bond donors (Lipinski definition) is 1. The highest BCUT2D eigenvalue weighted by atomic mass is 32.2. The first-order valence-corrected chi connectivity index (χ1v) is 11.0. The van der Waals surface area contributed by atoms with E-state index in [1.807, 2.05) is 23.2 Å². The molecule has 1 amide bonds. The van der Waals surface area contributed by atoms with E-state index < -0.39 is 0 Å². The Labute approximate surface area is 181 Å². The van der Waals surface area contributed by atoms with Crippen LogP contribution in [0.25, 0.3) is 6.08 Å². The molecule has 7 heteroatoms. The van der Waals surface area contributed by atoms with Gasteiger partial charge in [0.1, 0.15) is 0 Å². The molecule has 0 unspecified atom stereocenters. The molecule has 2 aromatic rings. The average Bonchev–Trinajstić information content (AvgIpc) is 2.74. The number of carbonyl (C=O) groups excluding carboxylic acids is 1. The standard InChI is InChI=1S/C23H27N3O3S/c1-17(2)19-8-4-5-9-21(19)30-22-12-10-18(16-20(22)26(28)29)11-13-23(27)24-25-14-6-3-7-15-25/h4-5,8-13,16-17H,3,6-7,14-15H2,1-2H3,(H,24,27)/b13-11+. The highest BCUT2D eigenvalue weighted by Gasteiger charge is 2.17. The molecule has 1 heterocycles. The smallest absolute Gasteiger partial charge is 0.283 e. The lowest BCUT2D eigenvalue weighted by atomic mass is 10.0. The highest BCUT2D eigenvalue weighted by Crippen LogP contribution is 2.38. The Bertz CT molecular complexity index is 937. The van der Waals surface area contributed by atoms with Gasteiger partial charge < -0.3 is 0 Å². The van der Waals surface area contributed by atoms with E-state index in [0.717, 1.165) is 36.4 Å². The zero-order valence-electron chi connectivity index (χ0n) is 17.3. The summed E-state index contributed by atoms with van der Waals surface area (Å²) in [4.78, 5) is 25.0. The van der Waals surface area contributed by atoms with E-state index in [9.17, 15) is 14.9 Å². The molecule has 0 spiro atoms. The molecule has 1 aliphatic rings. The molecule has 0 bridgehead atoms. The van der Waals surface area contributed by atoms with Gasteiger partial charge in [0.25, 0.3) is 11.6 Å². The van der Waals surface area contributed by atoms with E-state index in [4.69, 9.17) is 0 Å². The third-order valence-electron chi connectivity index (χ3n) is 4.99. The fraction of sp³-hybridized carbons (Fsp3) is 0.348. The first kappa shape index (κ1) is 22.1. The van der Waals surface area contributed by atoms with Crippen LogP contribution in [-0.2, 0) is 4.79 Å². The summed E-state index contributed by atoms with van der Waals surface area (Å²) in [5.41, 5.74) is 4.68. The fourth-order valence-corrected chi connectivity index (χ4v) is 4.59. The molecule has 0 aromatic heterocycles. The Hall–Kier alpha value is -2.64. The van der Waals surface area contributed by atoms with Crippen molar-refractivity contribution in [1.29, 1.82) is 0 Å². The van der Waals surface area contributed by atoms with Crippen molar-refractivity contribution < 1.29 is 9.72 Å². The van der Waals surface area contributed by atoms with Crippen molar-refractivity contribution in [2.24, 2.45) is 0 Å². The summed E-state index contributed by atoms with van der Waals surface area (Å²) in [7, 11) is 0. The molecule has 1 fully saturated rings. The van der Waals surface area contributed by atoms with Crippen molar-refractivity contribution >= 4 is 29.4 Å². The molecule has 0 atom stereocenters. The van der Waals surface area contributed by atoms with Crippen molar-refractivity contribution in [1.82, 2.24) is 10.4 Å². The van der Waals surface area contributed by atoms with Gasteiger partial charge in [-0.05, 0) is 48.1 Å². The lowest BCUT2D eigenvalue weighted by Gasteiger charge is -2.26. The van der Waals surface area contributed by atoms with E-state index >= 15 is 0 Å². The van der Waals surface area contributed by atoms with Crippen LogP contribution in [0.4, 0.5) is 5.69 Å². The third kappa shape index (κ3) is 5.93. The van der Waals surface area contributed by atoms with E-state index in [-0.39, 0.29) is 16.5 Å². The van der Waals surface area contributed by atoms with Crippen LogP contribution in [0.5, 0.6) is 0 Å². The fourth-order valence-electron chi connectivity index (χ4n) is 3.41. The van der Waals surface area contributed by atoms with E-state index in [1.54, 1.807) is 18.2 Å². The Kier molecular flexibility index (Phi) is 7.65. The van der Waals surface area contributed by atoms with Gasteiger partial charge in [0.05, 0.1) is 9.82 Å². The average molecular weight is 426 g/mol. The summed E-state index contributed by atoms with van der Waals surface area (Å²) in [6.45, 7) is 5.93. The quantitative estimate of drug-likeness (QED) is 0.365. The predicted molar refractivity (Wildman–Crippen MR) is 120 cm³/mol. The highest BCUT2D eigenvalue weighted by molar-refractivity contribution is 7.99. The van der Waals surface area contributed by atoms with Crippen LogP contribution in [0.15, 0.2) is 58.3 Å². The van der Waals surface area contributed by atoms with Crippen molar-refractivity contribution in [3.05, 3.63) is 69.8 Å². The van der Waals surface area contributed by atoms with Crippen LogP contribution in [0.2, 0.25) is 0 Å². The first-order valence-electron chi connectivity index (χ1n) is 10.2. The Morgan fingerprint density at radius 2 is 1.87 bits per heavy atom. The number of carbonyl (C=O) groups is 1. The topological polar surface area (TPSA) is 75.5 Å². The van der Waals surface area contributed by atoms with Crippen LogP contribution in [-0.4, -0.2) is 28.9 Å². The van der Waals surface area contributed by atoms with Crippen LogP contribution in [0.1, 0.15) is 50.2 Å². The summed E-state index contributed by atoms with van der Waals surface area (Å²) in [6, 6.07) is 13.0. The van der Waals surface area contributed by atoms with Crippen molar-refractivity contribution in [3.63, 3.8) is 0 Å². The van der Waals surface area contributed by atoms with Crippen LogP contribution < -0.4 is 5.43 Å². The van der Waals surface area contributed by atoms with Gasteiger partial charge in [-0.2, -0.15) is 0 Å². The first-order chi connectivity index (χ1) is 14.4. The van der Waals surface area contributed by atoms with Gasteiger partial charge in [0.15, 0.2) is 0 Å². The Balaban J connectivity index is 1.75. The van der Waals surface area contributed by atoms with Crippen molar-refractivity contribution in [3.8, 4) is 0 Å². The lowest BCUT2D eigenvalue weighted by Crippen LogP contribution is -2.44. The number of hydrazine groups is 1. The van der Waals surface area contributed by atoms with Gasteiger partial charge in [0, 0.05) is 30.1 Å². The van der Waals surface area contributed by atoms with Gasteiger partial charge in [-0.3, -0.25) is 20.3 Å². The number of hydrogen-bond acceptors (Lipinski definition) is 5. The number of amides is 1. The number of nitrogens with one attached hydrogen (secondary N) is 1. The maximum Gasteiger partial charge on any atom is 0.283 e. The molecule has 6 nitrogen and oxygen atoms in total. The zero-order valence-corrected chi connectivity index (χ0v) is 18.2. The molecule has 0 saturated carbocycles. The second kappa shape index (κ2) is 10.4. The SMILES string of the molecule is CC(C)c1ccccc1Sc1ccc(/C=C/C(=O)NN2CCCCC2)cc1[N+](=O)[O-]. The summed E-state index contributed by atoms with van der Waals surface area (Å²) in [5.74, 6) is 0.109. The number of rotatable bonds is 7. The lowest BCUT2D eigenvalue weighted by molar-refractivity contribution is -0.387. The summed E-state index contributed by atoms with van der Waals surface area (Å²) < 4.78 is 0. The molecular formula is C23H27N3O3S. The molecule has 2 aromatic carbocycles. The minimum absolute atomic E-state index is 0.0390. The van der Waals surface area contributed by atoms with Crippen molar-refractivity contribution in [2.45, 2.75) is 48.8 Å². The second-order valence-electron chi connectivity index (χ2n) is 7.64. The van der Waals surface area contributed by atoms with Crippen LogP contribution in [0.3, 0.4) is 0 Å². The molecule has 158 valence electrons. The summed E-state index contributed by atoms with van der Waals surface area (Å²) >= 11 is 1.40. The third-order valence-corrected chi connectivity index (χ3v) is 6.15. The Morgan fingerprint density at radius 3 is 2.57 bits per heavy atom. The number of nitro benzene ring substituents is 1. The predicted octanol–water partition coefficient (Wildman–Crippen LogP) is 5.40. The normalized spacial score (nSPS) is 14.9. The number of piperidine rings is 1. The van der Waals surface area contributed by atoms with Crippen LogP contribution >= 0.6 is 11.8 Å². The van der Waals surface area contributed by atoms with E-state index in [0.29, 0.717) is 16.4 Å². The monoisotopic (exact) mass is 425 g/mol. The van der Waals surface area contributed by atoms with E-state index in [1.165, 1.54) is 30.3 Å². The molecule has 0 aliphatic carbocycles. The van der Waals surface area contributed by atoms with E-state index in [2.05, 4.69) is 25.3 Å². The number of benzene rings is 2. The maximum absolute atomic E-state index is 12.1. The van der Waals surface area contributed by atoms with Gasteiger partial charge in [-0.15, -0.1) is 0 Å². The van der Waals surface area contributed by atoms with Gasteiger partial charge in [-0.25, -0.2) is 5.01 Å². The molecule has 30 heavy (non-hydrogen) atoms. The van der Waals surface area contributed by atoms with Crippen LogP contribution in [0, 0.1) is 10.1 Å². The van der Waals surface area contributed by atoms with Gasteiger partial charge in [0.2, 0.25) is 0 Å². The summed E-state index contributed by atoms with van der Waals surface area (Å²) in [5, 5.41) is 13.6. The molecule has 1 saturated heterocycles. The van der Waals surface area contributed by atoms with Crippen molar-refractivity contribution in [2.75, 3.05) is 13.1 Å². The maximum atomic E-state index is 12.1.